The number of halogens is 5. The normalized spacial score (nSPS) is 12.0. The Hall–Kier alpha value is -3.49. The van der Waals surface area contributed by atoms with Gasteiger partial charge in [0.25, 0.3) is 5.56 Å². The van der Waals surface area contributed by atoms with Crippen LogP contribution in [0.2, 0.25) is 0 Å². The number of hydrogen-bond acceptors (Lipinski definition) is 2. The van der Waals surface area contributed by atoms with Crippen LogP contribution in [0.4, 0.5) is 22.0 Å². The van der Waals surface area contributed by atoms with Gasteiger partial charge < -0.3 is 4.57 Å². The summed E-state index contributed by atoms with van der Waals surface area (Å²) < 4.78 is 69.5. The van der Waals surface area contributed by atoms with Crippen LogP contribution in [0.1, 0.15) is 16.8 Å². The van der Waals surface area contributed by atoms with Crippen molar-refractivity contribution in [3.05, 3.63) is 81.3 Å². The van der Waals surface area contributed by atoms with Crippen molar-refractivity contribution in [1.82, 2.24) is 14.2 Å². The quantitative estimate of drug-likeness (QED) is 0.404. The molecule has 0 amide bonds. The summed E-state index contributed by atoms with van der Waals surface area (Å²) in [4.78, 5) is 13.0. The molecular weight excluding hydrogens is 417 g/mol. The lowest BCUT2D eigenvalue weighted by Crippen LogP contribution is -2.22. The molecule has 0 aliphatic carbocycles. The molecular formula is C22H16F5N3O. The summed E-state index contributed by atoms with van der Waals surface area (Å²) >= 11 is 0. The van der Waals surface area contributed by atoms with E-state index in [0.29, 0.717) is 22.5 Å². The fourth-order valence-corrected chi connectivity index (χ4v) is 3.82. The maximum absolute atomic E-state index is 14.5. The number of aromatic nitrogens is 3. The van der Waals surface area contributed by atoms with E-state index in [9.17, 15) is 26.7 Å². The first kappa shape index (κ1) is 20.8. The Balaban J connectivity index is 2.04. The molecule has 0 saturated heterocycles. The summed E-state index contributed by atoms with van der Waals surface area (Å²) in [5.74, 6) is -1.56. The maximum atomic E-state index is 14.5. The number of benzene rings is 2. The van der Waals surface area contributed by atoms with Crippen LogP contribution in [0.25, 0.3) is 28.0 Å². The molecule has 0 radical (unpaired) electrons. The minimum atomic E-state index is -4.49. The van der Waals surface area contributed by atoms with E-state index in [1.165, 1.54) is 18.2 Å². The zero-order chi connectivity index (χ0) is 22.7. The van der Waals surface area contributed by atoms with Crippen molar-refractivity contribution in [3.8, 4) is 22.4 Å². The monoisotopic (exact) mass is 433 g/mol. The molecule has 4 nitrogen and oxygen atoms in total. The topological polar surface area (TPSA) is 39.3 Å². The van der Waals surface area contributed by atoms with Gasteiger partial charge in [-0.15, -0.1) is 0 Å². The molecule has 2 heterocycles. The maximum Gasteiger partial charge on any atom is 0.416 e. The van der Waals surface area contributed by atoms with Crippen molar-refractivity contribution in [2.75, 3.05) is 0 Å². The van der Waals surface area contributed by atoms with E-state index in [-0.39, 0.29) is 16.8 Å². The van der Waals surface area contributed by atoms with Gasteiger partial charge in [-0.25, -0.2) is 8.78 Å². The summed E-state index contributed by atoms with van der Waals surface area (Å²) in [6.45, 7) is 3.14. The Labute approximate surface area is 173 Å². The second-order valence-corrected chi connectivity index (χ2v) is 7.23. The molecule has 0 N–H and O–H groups in total. The van der Waals surface area contributed by atoms with Gasteiger partial charge in [0.2, 0.25) is 0 Å². The minimum absolute atomic E-state index is 0.0612. The lowest BCUT2D eigenvalue weighted by molar-refractivity contribution is -0.137. The second kappa shape index (κ2) is 7.04. The lowest BCUT2D eigenvalue weighted by Gasteiger charge is -2.16. The highest BCUT2D eigenvalue weighted by Crippen LogP contribution is 2.34. The van der Waals surface area contributed by atoms with E-state index >= 15 is 0 Å². The van der Waals surface area contributed by atoms with Gasteiger partial charge in [0.05, 0.1) is 22.5 Å². The van der Waals surface area contributed by atoms with Crippen LogP contribution in [0, 0.1) is 25.5 Å². The third kappa shape index (κ3) is 3.30. The molecule has 0 atom stereocenters. The molecule has 0 saturated carbocycles. The van der Waals surface area contributed by atoms with Crippen LogP contribution in [0.5, 0.6) is 0 Å². The molecule has 4 aromatic rings. The van der Waals surface area contributed by atoms with E-state index in [2.05, 4.69) is 5.10 Å². The van der Waals surface area contributed by atoms with Gasteiger partial charge >= 0.3 is 6.18 Å². The summed E-state index contributed by atoms with van der Waals surface area (Å²) in [5, 5.41) is 4.23. The molecule has 4 rings (SSSR count). The first-order chi connectivity index (χ1) is 14.5. The van der Waals surface area contributed by atoms with Gasteiger partial charge in [-0.2, -0.15) is 22.8 Å². The molecule has 0 bridgehead atoms. The van der Waals surface area contributed by atoms with Gasteiger partial charge in [-0.05, 0) is 43.7 Å². The predicted octanol–water partition coefficient (Wildman–Crippen LogP) is 5.28. The third-order valence-electron chi connectivity index (χ3n) is 5.24. The van der Waals surface area contributed by atoms with Crippen molar-refractivity contribution < 1.29 is 22.0 Å². The highest BCUT2D eigenvalue weighted by atomic mass is 19.4. The van der Waals surface area contributed by atoms with Gasteiger partial charge in [-0.3, -0.25) is 4.79 Å². The molecule has 0 aliphatic heterocycles. The lowest BCUT2D eigenvalue weighted by atomic mass is 10.0. The number of rotatable bonds is 2. The second-order valence-electron chi connectivity index (χ2n) is 7.23. The van der Waals surface area contributed by atoms with Crippen molar-refractivity contribution in [2.45, 2.75) is 20.0 Å². The predicted molar refractivity (Wildman–Crippen MR) is 106 cm³/mol. The van der Waals surface area contributed by atoms with Crippen molar-refractivity contribution >= 4 is 5.65 Å². The Kier molecular flexibility index (Phi) is 4.72. The zero-order valence-electron chi connectivity index (χ0n) is 16.7. The van der Waals surface area contributed by atoms with Crippen LogP contribution in [0.3, 0.4) is 0 Å². The average Bonchev–Trinajstić information content (AvgIpc) is 3.03. The van der Waals surface area contributed by atoms with E-state index in [4.69, 9.17) is 0 Å². The van der Waals surface area contributed by atoms with Crippen LogP contribution >= 0.6 is 0 Å². The van der Waals surface area contributed by atoms with Crippen molar-refractivity contribution in [3.63, 3.8) is 0 Å². The van der Waals surface area contributed by atoms with E-state index in [0.717, 1.165) is 28.8 Å². The summed E-state index contributed by atoms with van der Waals surface area (Å²) in [5.41, 5.74) is 0.677. The van der Waals surface area contributed by atoms with Gasteiger partial charge in [0, 0.05) is 24.2 Å². The number of hydrogen-bond donors (Lipinski definition) is 0. The molecule has 0 spiro atoms. The number of aryl methyl sites for hydroxylation is 2. The number of nitrogens with zero attached hydrogens (tertiary/aromatic N) is 3. The molecule has 2 aromatic carbocycles. The van der Waals surface area contributed by atoms with Crippen molar-refractivity contribution in [2.24, 2.45) is 7.05 Å². The zero-order valence-corrected chi connectivity index (χ0v) is 16.7. The summed E-state index contributed by atoms with van der Waals surface area (Å²) in [6, 6.07) is 7.53. The SMILES string of the molecule is Cc1nn2c(=O)c(C)c(-c3ccc(C(F)(F)F)cc3)n(C)c2c1-c1ccc(F)cc1F. The Morgan fingerprint density at radius 3 is 2.19 bits per heavy atom. The highest BCUT2D eigenvalue weighted by Gasteiger charge is 2.30. The van der Waals surface area contributed by atoms with E-state index in [1.807, 2.05) is 0 Å². The summed E-state index contributed by atoms with van der Waals surface area (Å²) in [6.07, 6.45) is -4.49. The number of alkyl halides is 3. The van der Waals surface area contributed by atoms with Crippen molar-refractivity contribution in [1.29, 1.82) is 0 Å². The minimum Gasteiger partial charge on any atom is -0.328 e. The molecule has 0 aliphatic rings. The summed E-state index contributed by atoms with van der Waals surface area (Å²) in [7, 11) is 1.61. The fourth-order valence-electron chi connectivity index (χ4n) is 3.82. The van der Waals surface area contributed by atoms with E-state index in [1.54, 1.807) is 25.5 Å². The van der Waals surface area contributed by atoms with Crippen LogP contribution in [-0.2, 0) is 13.2 Å². The van der Waals surface area contributed by atoms with Crippen LogP contribution in [0.15, 0.2) is 47.3 Å². The van der Waals surface area contributed by atoms with Gasteiger partial charge in [0.1, 0.15) is 17.3 Å². The molecule has 31 heavy (non-hydrogen) atoms. The average molecular weight is 433 g/mol. The highest BCUT2D eigenvalue weighted by molar-refractivity contribution is 5.82. The Morgan fingerprint density at radius 2 is 1.61 bits per heavy atom. The standard InChI is InChI=1S/C22H16F5N3O/c1-11-19(13-4-6-14(7-5-13)22(25,26)27)29(3)20-18(12(2)28-30(20)21(11)31)16-9-8-15(23)10-17(16)24/h4-10H,1-3H3. The fraction of sp³-hybridized carbons (Fsp3) is 0.182. The molecule has 2 aromatic heterocycles. The van der Waals surface area contributed by atoms with Crippen LogP contribution in [-0.4, -0.2) is 14.2 Å². The van der Waals surface area contributed by atoms with Gasteiger partial charge in [-0.1, -0.05) is 12.1 Å². The molecule has 0 unspecified atom stereocenters. The Bertz CT molecular complexity index is 1380. The van der Waals surface area contributed by atoms with E-state index < -0.39 is 28.9 Å². The first-order valence-electron chi connectivity index (χ1n) is 9.22. The number of fused-ring (bicyclic) bond motifs is 1. The molecule has 9 heteroatoms. The van der Waals surface area contributed by atoms with Crippen LogP contribution < -0.4 is 5.56 Å². The Morgan fingerprint density at radius 1 is 0.968 bits per heavy atom. The largest absolute Gasteiger partial charge is 0.416 e. The first-order valence-corrected chi connectivity index (χ1v) is 9.22. The smallest absolute Gasteiger partial charge is 0.328 e. The molecule has 0 fully saturated rings. The molecule has 160 valence electrons. The third-order valence-corrected chi connectivity index (χ3v) is 5.24. The van der Waals surface area contributed by atoms with Gasteiger partial charge in [0.15, 0.2) is 0 Å².